The number of thiophene rings is 1. The minimum absolute atomic E-state index is 0.145. The van der Waals surface area contributed by atoms with E-state index >= 15 is 0 Å². The van der Waals surface area contributed by atoms with Gasteiger partial charge in [0.25, 0.3) is 10.0 Å². The van der Waals surface area contributed by atoms with Gasteiger partial charge in [-0.2, -0.15) is 0 Å². The van der Waals surface area contributed by atoms with Crippen molar-refractivity contribution in [1.29, 1.82) is 0 Å². The predicted octanol–water partition coefficient (Wildman–Crippen LogP) is 5.31. The van der Waals surface area contributed by atoms with Crippen LogP contribution in [0.2, 0.25) is 0 Å². The van der Waals surface area contributed by atoms with Gasteiger partial charge in [0.2, 0.25) is 0 Å². The number of sulfonamides is 1. The summed E-state index contributed by atoms with van der Waals surface area (Å²) in [4.78, 5) is 9.08. The van der Waals surface area contributed by atoms with E-state index in [0.717, 1.165) is 26.4 Å². The Kier molecular flexibility index (Phi) is 5.05. The van der Waals surface area contributed by atoms with Crippen LogP contribution >= 0.6 is 27.3 Å². The van der Waals surface area contributed by atoms with Crippen molar-refractivity contribution in [2.75, 3.05) is 10.0 Å². The first-order valence-corrected chi connectivity index (χ1v) is 11.4. The average Bonchev–Trinajstić information content (AvgIpc) is 3.11. The van der Waals surface area contributed by atoms with Crippen molar-refractivity contribution in [3.63, 3.8) is 0 Å². The van der Waals surface area contributed by atoms with Gasteiger partial charge in [0, 0.05) is 5.69 Å². The predicted molar refractivity (Wildman–Crippen MR) is 117 cm³/mol. The second-order valence-electron chi connectivity index (χ2n) is 6.01. The maximum atomic E-state index is 12.8. The normalized spacial score (nSPS) is 11.5. The molecule has 2 heterocycles. The number of rotatable bonds is 5. The topological polar surface area (TPSA) is 84.0 Å². The second kappa shape index (κ2) is 7.50. The zero-order valence-electron chi connectivity index (χ0n) is 14.7. The Balaban J connectivity index is 1.80. The third-order valence-corrected chi connectivity index (χ3v) is 7.47. The first-order valence-electron chi connectivity index (χ1n) is 8.30. The molecule has 0 radical (unpaired) electrons. The maximum absolute atomic E-state index is 12.8. The number of benzene rings is 2. The summed E-state index contributed by atoms with van der Waals surface area (Å²) in [6.07, 6.45) is 0. The molecule has 2 aromatic carbocycles. The second-order valence-corrected chi connectivity index (χ2v) is 10.4. The molecular weight excluding hydrogens is 460 g/mol. The Morgan fingerprint density at radius 1 is 0.893 bits per heavy atom. The molecule has 6 nitrogen and oxygen atoms in total. The molecule has 0 fully saturated rings. The van der Waals surface area contributed by atoms with E-state index in [1.54, 1.807) is 18.2 Å². The molecule has 2 aromatic heterocycles. The number of halogens is 1. The fourth-order valence-corrected chi connectivity index (χ4v) is 5.64. The van der Waals surface area contributed by atoms with Gasteiger partial charge in [-0.3, -0.25) is 4.72 Å². The number of fused-ring (bicyclic) bond motifs is 1. The smallest absolute Gasteiger partial charge is 0.272 e. The van der Waals surface area contributed by atoms with Crippen LogP contribution in [0.5, 0.6) is 0 Å². The molecule has 9 heteroatoms. The first-order chi connectivity index (χ1) is 13.4. The molecule has 0 saturated carbocycles. The van der Waals surface area contributed by atoms with Crippen LogP contribution in [0.25, 0.3) is 11.0 Å². The molecule has 142 valence electrons. The van der Waals surface area contributed by atoms with E-state index < -0.39 is 10.0 Å². The number of nitrogens with zero attached hydrogens (tertiary/aromatic N) is 2. The fraction of sp³-hybridized carbons (Fsp3) is 0.0526. The Labute approximate surface area is 174 Å². The van der Waals surface area contributed by atoms with Crippen molar-refractivity contribution in [1.82, 2.24) is 9.97 Å². The summed E-state index contributed by atoms with van der Waals surface area (Å²) in [6, 6.07) is 18.3. The average molecular weight is 475 g/mol. The van der Waals surface area contributed by atoms with Crippen molar-refractivity contribution in [2.24, 2.45) is 0 Å². The van der Waals surface area contributed by atoms with E-state index in [2.05, 4.69) is 35.9 Å². The van der Waals surface area contributed by atoms with Crippen LogP contribution in [0.1, 0.15) is 5.56 Å². The van der Waals surface area contributed by atoms with Gasteiger partial charge < -0.3 is 5.32 Å². The van der Waals surface area contributed by atoms with Gasteiger partial charge in [-0.05, 0) is 58.7 Å². The lowest BCUT2D eigenvalue weighted by Gasteiger charge is -2.14. The lowest BCUT2D eigenvalue weighted by Crippen LogP contribution is -2.15. The number of hydrogen-bond donors (Lipinski definition) is 2. The highest BCUT2D eigenvalue weighted by Crippen LogP contribution is 2.31. The lowest BCUT2D eigenvalue weighted by atomic mass is 10.2. The summed E-state index contributed by atoms with van der Waals surface area (Å²) < 4.78 is 29.1. The van der Waals surface area contributed by atoms with Gasteiger partial charge in [-0.1, -0.05) is 30.3 Å². The highest BCUT2D eigenvalue weighted by atomic mass is 79.9. The molecule has 0 aliphatic carbocycles. The summed E-state index contributed by atoms with van der Waals surface area (Å²) in [5.41, 5.74) is 3.10. The van der Waals surface area contributed by atoms with Gasteiger partial charge in [0.05, 0.1) is 14.8 Å². The molecule has 0 aliphatic heterocycles. The number of aromatic nitrogens is 2. The molecule has 28 heavy (non-hydrogen) atoms. The van der Waals surface area contributed by atoms with Gasteiger partial charge in [0.15, 0.2) is 11.6 Å². The summed E-state index contributed by atoms with van der Waals surface area (Å²) in [5, 5.41) is 3.21. The Hall–Kier alpha value is -2.49. The van der Waals surface area contributed by atoms with E-state index in [1.165, 1.54) is 0 Å². The van der Waals surface area contributed by atoms with E-state index in [-0.39, 0.29) is 10.0 Å². The SMILES string of the molecule is Cc1ccccc1Nc1nc2ccccc2nc1NS(=O)(=O)c1ccc(Br)s1. The number of nitrogens with one attached hydrogen (secondary N) is 2. The minimum atomic E-state index is -3.79. The van der Waals surface area contributed by atoms with Crippen molar-refractivity contribution < 1.29 is 8.42 Å². The van der Waals surface area contributed by atoms with E-state index in [1.807, 2.05) is 49.4 Å². The van der Waals surface area contributed by atoms with Crippen LogP contribution in [-0.4, -0.2) is 18.4 Å². The Bertz CT molecular complexity index is 1270. The van der Waals surface area contributed by atoms with Crippen LogP contribution in [-0.2, 0) is 10.0 Å². The molecule has 4 rings (SSSR count). The molecule has 0 saturated heterocycles. The van der Waals surface area contributed by atoms with Gasteiger partial charge in [-0.15, -0.1) is 11.3 Å². The van der Waals surface area contributed by atoms with Crippen molar-refractivity contribution >= 4 is 65.6 Å². The molecule has 2 N–H and O–H groups in total. The molecule has 4 aromatic rings. The largest absolute Gasteiger partial charge is 0.337 e. The van der Waals surface area contributed by atoms with Crippen molar-refractivity contribution in [3.8, 4) is 0 Å². The minimum Gasteiger partial charge on any atom is -0.337 e. The number of anilines is 3. The fourth-order valence-electron chi connectivity index (χ4n) is 2.62. The summed E-state index contributed by atoms with van der Waals surface area (Å²) >= 11 is 4.42. The molecule has 0 unspecified atom stereocenters. The van der Waals surface area contributed by atoms with Gasteiger partial charge in [0.1, 0.15) is 4.21 Å². The quantitative estimate of drug-likeness (QED) is 0.409. The van der Waals surface area contributed by atoms with E-state index in [4.69, 9.17) is 0 Å². The molecular formula is C19H15BrN4O2S2. The molecule has 0 spiro atoms. The zero-order chi connectivity index (χ0) is 19.7. The third-order valence-electron chi connectivity index (χ3n) is 4.01. The summed E-state index contributed by atoms with van der Waals surface area (Å²) in [6.45, 7) is 1.96. The van der Waals surface area contributed by atoms with Crippen LogP contribution in [0.4, 0.5) is 17.3 Å². The van der Waals surface area contributed by atoms with E-state index in [0.29, 0.717) is 16.9 Å². The van der Waals surface area contributed by atoms with Crippen molar-refractivity contribution in [3.05, 3.63) is 70.0 Å². The molecule has 0 aliphatic rings. The van der Waals surface area contributed by atoms with Gasteiger partial charge >= 0.3 is 0 Å². The molecule has 0 amide bonds. The first kappa shape index (κ1) is 18.9. The number of para-hydroxylation sites is 3. The summed E-state index contributed by atoms with van der Waals surface area (Å²) in [5.74, 6) is 0.485. The van der Waals surface area contributed by atoms with Crippen LogP contribution in [0.15, 0.2) is 68.7 Å². The monoisotopic (exact) mass is 474 g/mol. The maximum Gasteiger partial charge on any atom is 0.272 e. The van der Waals surface area contributed by atoms with E-state index in [9.17, 15) is 8.42 Å². The molecule has 0 bridgehead atoms. The van der Waals surface area contributed by atoms with Crippen molar-refractivity contribution in [2.45, 2.75) is 11.1 Å². The summed E-state index contributed by atoms with van der Waals surface area (Å²) in [7, 11) is -3.79. The number of aryl methyl sites for hydroxylation is 1. The Morgan fingerprint density at radius 3 is 2.18 bits per heavy atom. The number of hydrogen-bond acceptors (Lipinski definition) is 6. The molecule has 0 atom stereocenters. The Morgan fingerprint density at radius 2 is 1.54 bits per heavy atom. The third kappa shape index (κ3) is 3.87. The lowest BCUT2D eigenvalue weighted by molar-refractivity contribution is 0.603. The van der Waals surface area contributed by atoms with Crippen LogP contribution < -0.4 is 10.0 Å². The van der Waals surface area contributed by atoms with Crippen LogP contribution in [0.3, 0.4) is 0 Å². The standard InChI is InChI=1S/C19H15BrN4O2S2/c1-12-6-2-3-7-13(12)21-18-19(23-15-9-5-4-8-14(15)22-18)24-28(25,26)17-11-10-16(20)27-17/h2-11H,1H3,(H,21,22)(H,23,24). The van der Waals surface area contributed by atoms with Gasteiger partial charge in [-0.25, -0.2) is 18.4 Å². The zero-order valence-corrected chi connectivity index (χ0v) is 17.9. The highest BCUT2D eigenvalue weighted by molar-refractivity contribution is 9.11. The highest BCUT2D eigenvalue weighted by Gasteiger charge is 2.21. The van der Waals surface area contributed by atoms with Crippen LogP contribution in [0, 0.1) is 6.92 Å².